The zero-order valence-electron chi connectivity index (χ0n) is 9.16. The molecule has 0 saturated carbocycles. The van der Waals surface area contributed by atoms with Gasteiger partial charge in [-0.25, -0.2) is 0 Å². The lowest BCUT2D eigenvalue weighted by Crippen LogP contribution is -2.14. The zero-order chi connectivity index (χ0) is 11.4. The van der Waals surface area contributed by atoms with E-state index in [0.29, 0.717) is 11.5 Å². The minimum atomic E-state index is -0.356. The molecule has 0 aliphatic carbocycles. The Bertz CT molecular complexity index is 374. The minimum Gasteiger partial charge on any atom is -0.493 e. The van der Waals surface area contributed by atoms with Gasteiger partial charge < -0.3 is 15.2 Å². The van der Waals surface area contributed by atoms with Crippen LogP contribution >= 0.6 is 0 Å². The minimum absolute atomic E-state index is 0.214. The van der Waals surface area contributed by atoms with Gasteiger partial charge in [0.1, 0.15) is 0 Å². The number of hydrogen-bond acceptors (Lipinski definition) is 3. The summed E-state index contributed by atoms with van der Waals surface area (Å²) in [5.74, 6) is 0.910. The Morgan fingerprint density at radius 3 is 2.27 bits per heavy atom. The molecule has 0 aliphatic heterocycles. The first-order valence-corrected chi connectivity index (χ1v) is 4.58. The molecule has 82 valence electrons. The van der Waals surface area contributed by atoms with Crippen molar-refractivity contribution >= 4 is 5.91 Å². The molecule has 1 rings (SSSR count). The van der Waals surface area contributed by atoms with Crippen LogP contribution in [0.1, 0.15) is 11.1 Å². The molecule has 4 nitrogen and oxygen atoms in total. The van der Waals surface area contributed by atoms with E-state index >= 15 is 0 Å². The van der Waals surface area contributed by atoms with E-state index in [4.69, 9.17) is 15.2 Å². The molecule has 0 aliphatic rings. The van der Waals surface area contributed by atoms with Crippen LogP contribution in [-0.4, -0.2) is 20.1 Å². The quantitative estimate of drug-likeness (QED) is 0.806. The molecular weight excluding hydrogens is 194 g/mol. The molecule has 4 heteroatoms. The van der Waals surface area contributed by atoms with Crippen LogP contribution in [0.4, 0.5) is 0 Å². The van der Waals surface area contributed by atoms with Crippen molar-refractivity contribution in [3.05, 3.63) is 23.3 Å². The molecule has 0 fully saturated rings. The molecule has 0 radical (unpaired) electrons. The molecular formula is C11H15NO3. The van der Waals surface area contributed by atoms with E-state index in [1.54, 1.807) is 20.3 Å². The van der Waals surface area contributed by atoms with Gasteiger partial charge in [0.2, 0.25) is 5.91 Å². The van der Waals surface area contributed by atoms with Crippen LogP contribution < -0.4 is 15.2 Å². The number of rotatable bonds is 4. The summed E-state index contributed by atoms with van der Waals surface area (Å²) in [6, 6.07) is 3.61. The summed E-state index contributed by atoms with van der Waals surface area (Å²) in [6.45, 7) is 1.90. The van der Waals surface area contributed by atoms with Gasteiger partial charge in [-0.1, -0.05) is 0 Å². The Hall–Kier alpha value is -1.71. The smallest absolute Gasteiger partial charge is 0.221 e. The van der Waals surface area contributed by atoms with Gasteiger partial charge in [-0.05, 0) is 30.2 Å². The number of aryl methyl sites for hydroxylation is 1. The average molecular weight is 209 g/mol. The molecule has 0 spiro atoms. The van der Waals surface area contributed by atoms with Gasteiger partial charge in [0.25, 0.3) is 0 Å². The van der Waals surface area contributed by atoms with Gasteiger partial charge in [0.15, 0.2) is 11.5 Å². The van der Waals surface area contributed by atoms with Crippen molar-refractivity contribution < 1.29 is 14.3 Å². The SMILES string of the molecule is COc1cc(C)c(CC(N)=O)cc1OC. The molecule has 0 bridgehead atoms. The van der Waals surface area contributed by atoms with E-state index in [-0.39, 0.29) is 12.3 Å². The first-order chi connectivity index (χ1) is 7.08. The van der Waals surface area contributed by atoms with Crippen molar-refractivity contribution in [1.29, 1.82) is 0 Å². The maximum absolute atomic E-state index is 10.8. The summed E-state index contributed by atoms with van der Waals surface area (Å²) in [6.07, 6.45) is 0.214. The standard InChI is InChI=1S/C11H15NO3/c1-7-4-9(14-2)10(15-3)5-8(7)6-11(12)13/h4-5H,6H2,1-3H3,(H2,12,13). The normalized spacial score (nSPS) is 9.80. The van der Waals surface area contributed by atoms with Crippen molar-refractivity contribution in [1.82, 2.24) is 0 Å². The third kappa shape index (κ3) is 2.62. The van der Waals surface area contributed by atoms with Gasteiger partial charge in [0.05, 0.1) is 20.6 Å². The molecule has 0 saturated heterocycles. The Kier molecular flexibility index (Phi) is 3.55. The molecule has 15 heavy (non-hydrogen) atoms. The number of carbonyl (C=O) groups excluding carboxylic acids is 1. The van der Waals surface area contributed by atoms with Crippen molar-refractivity contribution in [2.45, 2.75) is 13.3 Å². The van der Waals surface area contributed by atoms with Crippen LogP contribution in [0.25, 0.3) is 0 Å². The summed E-state index contributed by atoms with van der Waals surface area (Å²) in [5, 5.41) is 0. The monoisotopic (exact) mass is 209 g/mol. The van der Waals surface area contributed by atoms with Crippen molar-refractivity contribution in [3.63, 3.8) is 0 Å². The summed E-state index contributed by atoms with van der Waals surface area (Å²) in [7, 11) is 3.13. The van der Waals surface area contributed by atoms with Crippen LogP contribution in [-0.2, 0) is 11.2 Å². The topological polar surface area (TPSA) is 61.5 Å². The summed E-state index contributed by atoms with van der Waals surface area (Å²) < 4.78 is 10.3. The number of ether oxygens (including phenoxy) is 2. The number of benzene rings is 1. The van der Waals surface area contributed by atoms with Crippen LogP contribution in [0.15, 0.2) is 12.1 Å². The molecule has 0 unspecified atom stereocenters. The van der Waals surface area contributed by atoms with Gasteiger partial charge in [-0.3, -0.25) is 4.79 Å². The highest BCUT2D eigenvalue weighted by Gasteiger charge is 2.09. The van der Waals surface area contributed by atoms with E-state index in [0.717, 1.165) is 11.1 Å². The fourth-order valence-corrected chi connectivity index (χ4v) is 1.40. The maximum Gasteiger partial charge on any atom is 0.221 e. The van der Waals surface area contributed by atoms with E-state index in [1.165, 1.54) is 0 Å². The van der Waals surface area contributed by atoms with Crippen LogP contribution in [0.3, 0.4) is 0 Å². The molecule has 1 aromatic carbocycles. The second-order valence-electron chi connectivity index (χ2n) is 3.28. The summed E-state index contributed by atoms with van der Waals surface area (Å²) >= 11 is 0. The molecule has 0 heterocycles. The number of hydrogen-bond donors (Lipinski definition) is 1. The number of primary amides is 1. The summed E-state index contributed by atoms with van der Waals surface area (Å²) in [4.78, 5) is 10.8. The van der Waals surface area contributed by atoms with Gasteiger partial charge >= 0.3 is 0 Å². The maximum atomic E-state index is 10.8. The van der Waals surface area contributed by atoms with E-state index in [9.17, 15) is 4.79 Å². The van der Waals surface area contributed by atoms with Crippen LogP contribution in [0.5, 0.6) is 11.5 Å². The Morgan fingerprint density at radius 2 is 1.80 bits per heavy atom. The van der Waals surface area contributed by atoms with E-state index < -0.39 is 0 Å². The predicted molar refractivity (Wildman–Crippen MR) is 57.2 cm³/mol. The first kappa shape index (κ1) is 11.4. The lowest BCUT2D eigenvalue weighted by atomic mass is 10.0. The third-order valence-electron chi connectivity index (χ3n) is 2.21. The van der Waals surface area contributed by atoms with Crippen molar-refractivity contribution in [3.8, 4) is 11.5 Å². The average Bonchev–Trinajstić information content (AvgIpc) is 2.19. The summed E-state index contributed by atoms with van der Waals surface area (Å²) in [5.41, 5.74) is 6.97. The van der Waals surface area contributed by atoms with E-state index in [2.05, 4.69) is 0 Å². The fraction of sp³-hybridized carbons (Fsp3) is 0.364. The molecule has 1 amide bonds. The number of carbonyl (C=O) groups is 1. The Balaban J connectivity index is 3.13. The molecule has 0 aromatic heterocycles. The number of methoxy groups -OCH3 is 2. The highest BCUT2D eigenvalue weighted by molar-refractivity contribution is 5.77. The van der Waals surface area contributed by atoms with Crippen LogP contribution in [0.2, 0.25) is 0 Å². The van der Waals surface area contributed by atoms with Gasteiger partial charge in [-0.15, -0.1) is 0 Å². The van der Waals surface area contributed by atoms with Crippen molar-refractivity contribution in [2.75, 3.05) is 14.2 Å². The molecule has 1 aromatic rings. The lowest BCUT2D eigenvalue weighted by Gasteiger charge is -2.11. The second kappa shape index (κ2) is 4.68. The number of nitrogens with two attached hydrogens (primary N) is 1. The molecule has 0 atom stereocenters. The fourth-order valence-electron chi connectivity index (χ4n) is 1.40. The Morgan fingerprint density at radius 1 is 1.27 bits per heavy atom. The Labute approximate surface area is 89.0 Å². The number of amides is 1. The largest absolute Gasteiger partial charge is 0.493 e. The molecule has 2 N–H and O–H groups in total. The van der Waals surface area contributed by atoms with Crippen LogP contribution in [0, 0.1) is 6.92 Å². The second-order valence-corrected chi connectivity index (χ2v) is 3.28. The predicted octanol–water partition coefficient (Wildman–Crippen LogP) is 1.04. The zero-order valence-corrected chi connectivity index (χ0v) is 9.16. The highest BCUT2D eigenvalue weighted by atomic mass is 16.5. The third-order valence-corrected chi connectivity index (χ3v) is 2.21. The highest BCUT2D eigenvalue weighted by Crippen LogP contribution is 2.30. The van der Waals surface area contributed by atoms with Gasteiger partial charge in [-0.2, -0.15) is 0 Å². The lowest BCUT2D eigenvalue weighted by molar-refractivity contribution is -0.117. The van der Waals surface area contributed by atoms with Crippen molar-refractivity contribution in [2.24, 2.45) is 5.73 Å². The van der Waals surface area contributed by atoms with E-state index in [1.807, 2.05) is 13.0 Å². The van der Waals surface area contributed by atoms with Gasteiger partial charge in [0, 0.05) is 0 Å². The first-order valence-electron chi connectivity index (χ1n) is 4.58.